The van der Waals surface area contributed by atoms with E-state index in [1.54, 1.807) is 18.2 Å². The molecule has 0 amide bonds. The summed E-state index contributed by atoms with van der Waals surface area (Å²) in [4.78, 5) is 11.6. The lowest BCUT2D eigenvalue weighted by Crippen LogP contribution is -2.18. The number of alkyl halides is 3. The molecule has 2 nitrogen and oxygen atoms in total. The maximum absolute atomic E-state index is 11.8. The van der Waals surface area contributed by atoms with Gasteiger partial charge in [-0.3, -0.25) is 4.79 Å². The van der Waals surface area contributed by atoms with Crippen molar-refractivity contribution in [1.29, 1.82) is 0 Å². The number of ether oxygens (including phenoxy) is 1. The van der Waals surface area contributed by atoms with Crippen molar-refractivity contribution >= 4 is 29.0 Å². The van der Waals surface area contributed by atoms with Gasteiger partial charge in [-0.05, 0) is 17.7 Å². The number of benzene rings is 1. The normalized spacial score (nSPS) is 11.6. The summed E-state index contributed by atoms with van der Waals surface area (Å²) >= 11 is 11.8. The second-order valence-corrected chi connectivity index (χ2v) is 4.65. The Bertz CT molecular complexity index is 427. The lowest BCUT2D eigenvalue weighted by Gasteiger charge is -2.08. The van der Waals surface area contributed by atoms with Gasteiger partial charge in [-0.15, -0.1) is 0 Å². The predicted octanol–water partition coefficient (Wildman–Crippen LogP) is 4.07. The molecule has 0 aliphatic heterocycles. The van der Waals surface area contributed by atoms with Gasteiger partial charge in [0.2, 0.25) is 0 Å². The summed E-state index contributed by atoms with van der Waals surface area (Å²) in [6, 6.07) is 4.83. The van der Waals surface area contributed by atoms with E-state index in [4.69, 9.17) is 23.2 Å². The highest BCUT2D eigenvalue weighted by atomic mass is 35.5. The molecule has 0 saturated heterocycles. The molecule has 19 heavy (non-hydrogen) atoms. The number of Topliss-reactive ketones (excluding diaryl/α,β-unsaturated/α-hetero) is 1. The van der Waals surface area contributed by atoms with E-state index in [0.717, 1.165) is 0 Å². The van der Waals surface area contributed by atoms with Crippen LogP contribution in [0.4, 0.5) is 13.2 Å². The van der Waals surface area contributed by atoms with Crippen molar-refractivity contribution in [2.24, 2.45) is 0 Å². The maximum Gasteiger partial charge on any atom is 0.411 e. The molecule has 0 radical (unpaired) electrons. The minimum Gasteiger partial charge on any atom is -0.372 e. The standard InChI is InChI=1S/C12H11Cl2F3O2/c13-10-2-1-3-11(14)9(10)6-8(18)4-5-19-7-12(15,16)17/h1-3H,4-7H2. The van der Waals surface area contributed by atoms with Crippen LogP contribution in [0.25, 0.3) is 0 Å². The third-order valence-corrected chi connectivity index (χ3v) is 2.93. The number of carbonyl (C=O) groups is 1. The first-order valence-corrected chi connectivity index (χ1v) is 6.14. The maximum atomic E-state index is 11.8. The molecule has 1 aromatic carbocycles. The van der Waals surface area contributed by atoms with Gasteiger partial charge in [-0.1, -0.05) is 29.3 Å². The van der Waals surface area contributed by atoms with Gasteiger partial charge in [-0.25, -0.2) is 0 Å². The molecule has 0 fully saturated rings. The minimum absolute atomic E-state index is 0.0200. The van der Waals surface area contributed by atoms with Crippen LogP contribution < -0.4 is 0 Å². The molecule has 0 aliphatic carbocycles. The molecule has 106 valence electrons. The number of halogens is 5. The molecule has 0 aromatic heterocycles. The van der Waals surface area contributed by atoms with Gasteiger partial charge < -0.3 is 4.74 Å². The fourth-order valence-corrected chi connectivity index (χ4v) is 1.89. The lowest BCUT2D eigenvalue weighted by molar-refractivity contribution is -0.174. The molecular formula is C12H11Cl2F3O2. The molecule has 0 spiro atoms. The Kier molecular flexibility index (Phi) is 6.10. The average molecular weight is 315 g/mol. The topological polar surface area (TPSA) is 26.3 Å². The van der Waals surface area contributed by atoms with E-state index in [2.05, 4.69) is 4.74 Å². The number of hydrogen-bond donors (Lipinski definition) is 0. The Balaban J connectivity index is 2.40. The predicted molar refractivity (Wildman–Crippen MR) is 66.7 cm³/mol. The zero-order valence-corrected chi connectivity index (χ0v) is 11.3. The highest BCUT2D eigenvalue weighted by Gasteiger charge is 2.27. The van der Waals surface area contributed by atoms with Crippen LogP contribution in [0.5, 0.6) is 0 Å². The Hall–Kier alpha value is -0.780. The minimum atomic E-state index is -4.38. The highest BCUT2D eigenvalue weighted by Crippen LogP contribution is 2.25. The Labute approximate surface area is 118 Å². The van der Waals surface area contributed by atoms with Crippen LogP contribution in [-0.4, -0.2) is 25.2 Å². The van der Waals surface area contributed by atoms with Crippen LogP contribution in [-0.2, 0) is 16.0 Å². The van der Waals surface area contributed by atoms with Crippen LogP contribution in [0.2, 0.25) is 10.0 Å². The number of ketones is 1. The summed E-state index contributed by atoms with van der Waals surface area (Å²) in [6.45, 7) is -1.63. The second kappa shape index (κ2) is 7.12. The first-order chi connectivity index (χ1) is 8.79. The van der Waals surface area contributed by atoms with Crippen LogP contribution in [0.15, 0.2) is 18.2 Å². The van der Waals surface area contributed by atoms with Crippen molar-refractivity contribution in [2.75, 3.05) is 13.2 Å². The van der Waals surface area contributed by atoms with Gasteiger partial charge >= 0.3 is 6.18 Å². The quantitative estimate of drug-likeness (QED) is 0.740. The third-order valence-electron chi connectivity index (χ3n) is 2.23. The molecule has 0 bridgehead atoms. The average Bonchev–Trinajstić information content (AvgIpc) is 2.28. The van der Waals surface area contributed by atoms with Gasteiger partial charge in [0.15, 0.2) is 0 Å². The number of hydrogen-bond acceptors (Lipinski definition) is 2. The van der Waals surface area contributed by atoms with E-state index in [1.807, 2.05) is 0 Å². The molecule has 0 aliphatic rings. The first kappa shape index (κ1) is 16.3. The van der Waals surface area contributed by atoms with E-state index >= 15 is 0 Å². The van der Waals surface area contributed by atoms with E-state index in [0.29, 0.717) is 15.6 Å². The summed E-state index contributed by atoms with van der Waals surface area (Å²) in [5.74, 6) is -0.280. The van der Waals surface area contributed by atoms with Crippen molar-refractivity contribution < 1.29 is 22.7 Å². The zero-order chi connectivity index (χ0) is 14.5. The van der Waals surface area contributed by atoms with E-state index in [-0.39, 0.29) is 25.2 Å². The largest absolute Gasteiger partial charge is 0.411 e. The highest BCUT2D eigenvalue weighted by molar-refractivity contribution is 6.36. The third kappa shape index (κ3) is 6.27. The van der Waals surface area contributed by atoms with Crippen molar-refractivity contribution in [1.82, 2.24) is 0 Å². The summed E-state index contributed by atoms with van der Waals surface area (Å²) < 4.78 is 39.7. The van der Waals surface area contributed by atoms with Crippen molar-refractivity contribution in [3.05, 3.63) is 33.8 Å². The molecule has 1 aromatic rings. The first-order valence-electron chi connectivity index (χ1n) is 5.38. The van der Waals surface area contributed by atoms with Gasteiger partial charge in [0.05, 0.1) is 6.61 Å². The molecule has 0 saturated carbocycles. The number of carbonyl (C=O) groups excluding carboxylic acids is 1. The Morgan fingerprint density at radius 1 is 1.21 bits per heavy atom. The van der Waals surface area contributed by atoms with Crippen molar-refractivity contribution in [2.45, 2.75) is 19.0 Å². The van der Waals surface area contributed by atoms with Crippen LogP contribution >= 0.6 is 23.2 Å². The Morgan fingerprint density at radius 2 is 1.79 bits per heavy atom. The molecule has 1 rings (SSSR count). The van der Waals surface area contributed by atoms with Gasteiger partial charge in [-0.2, -0.15) is 13.2 Å². The van der Waals surface area contributed by atoms with Gasteiger partial charge in [0.1, 0.15) is 12.4 Å². The fourth-order valence-electron chi connectivity index (χ4n) is 1.36. The lowest BCUT2D eigenvalue weighted by atomic mass is 10.1. The van der Waals surface area contributed by atoms with Crippen LogP contribution in [0.1, 0.15) is 12.0 Å². The van der Waals surface area contributed by atoms with Crippen molar-refractivity contribution in [3.63, 3.8) is 0 Å². The van der Waals surface area contributed by atoms with Gasteiger partial charge in [0.25, 0.3) is 0 Å². The second-order valence-electron chi connectivity index (χ2n) is 3.83. The SMILES string of the molecule is O=C(CCOCC(F)(F)F)Cc1c(Cl)cccc1Cl. The molecule has 0 atom stereocenters. The summed E-state index contributed by atoms with van der Waals surface area (Å²) in [6.07, 6.45) is -4.51. The zero-order valence-electron chi connectivity index (χ0n) is 9.77. The van der Waals surface area contributed by atoms with Crippen LogP contribution in [0.3, 0.4) is 0 Å². The van der Waals surface area contributed by atoms with E-state index in [9.17, 15) is 18.0 Å². The van der Waals surface area contributed by atoms with Crippen molar-refractivity contribution in [3.8, 4) is 0 Å². The Morgan fingerprint density at radius 3 is 2.32 bits per heavy atom. The van der Waals surface area contributed by atoms with E-state index < -0.39 is 12.8 Å². The number of rotatable bonds is 6. The monoisotopic (exact) mass is 314 g/mol. The fraction of sp³-hybridized carbons (Fsp3) is 0.417. The smallest absolute Gasteiger partial charge is 0.372 e. The molecule has 0 unspecified atom stereocenters. The summed E-state index contributed by atoms with van der Waals surface area (Å²) in [7, 11) is 0. The summed E-state index contributed by atoms with van der Waals surface area (Å²) in [5.41, 5.74) is 0.478. The molecule has 7 heteroatoms. The summed E-state index contributed by atoms with van der Waals surface area (Å²) in [5, 5.41) is 0.717. The van der Waals surface area contributed by atoms with E-state index in [1.165, 1.54) is 0 Å². The van der Waals surface area contributed by atoms with Crippen LogP contribution in [0, 0.1) is 0 Å². The molecule has 0 N–H and O–H groups in total. The van der Waals surface area contributed by atoms with Gasteiger partial charge in [0, 0.05) is 22.9 Å². The molecular weight excluding hydrogens is 304 g/mol. The molecule has 0 heterocycles.